The Kier molecular flexibility index (Phi) is 10.6. The maximum Gasteiger partial charge on any atom is 0.148 e. The van der Waals surface area contributed by atoms with Crippen LogP contribution in [0.15, 0.2) is 0 Å². The molecule has 0 amide bonds. The Morgan fingerprint density at radius 2 is 1.68 bits per heavy atom. The maximum absolute atomic E-state index is 11.0. The van der Waals surface area contributed by atoms with Crippen molar-refractivity contribution in [3.8, 4) is 0 Å². The topological polar surface area (TPSA) is 49.4 Å². The third-order valence-corrected chi connectivity index (χ3v) is 3.96. The van der Waals surface area contributed by atoms with Crippen LogP contribution in [0.3, 0.4) is 0 Å². The van der Waals surface area contributed by atoms with Crippen LogP contribution in [-0.2, 0) is 9.84 Å². The Hall–Kier alpha value is -0.130. The molecule has 5 heteroatoms. The fraction of sp³-hybridized carbons (Fsp3) is 1.00. The molecule has 0 aliphatic carbocycles. The number of nitrogens with one attached hydrogen (secondary N) is 1. The molecule has 0 saturated carbocycles. The molecule has 0 aliphatic heterocycles. The summed E-state index contributed by atoms with van der Waals surface area (Å²) in [5, 5.41) is 3.44. The highest BCUT2D eigenvalue weighted by molar-refractivity contribution is 7.90. The summed E-state index contributed by atoms with van der Waals surface area (Å²) in [6.07, 6.45) is 6.17. The molecule has 1 N–H and O–H groups in total. The lowest BCUT2D eigenvalue weighted by Gasteiger charge is -2.15. The molecule has 19 heavy (non-hydrogen) atoms. The predicted octanol–water partition coefficient (Wildman–Crippen LogP) is 1.77. The monoisotopic (exact) mass is 292 g/mol. The molecule has 0 spiro atoms. The minimum Gasteiger partial charge on any atom is -0.316 e. The Balaban J connectivity index is 3.30. The van der Waals surface area contributed by atoms with E-state index in [0.717, 1.165) is 32.0 Å². The minimum absolute atomic E-state index is 0.266. The predicted molar refractivity (Wildman–Crippen MR) is 83.4 cm³/mol. The molecule has 0 radical (unpaired) electrons. The SMILES string of the molecule is CC(C)CNCCCCCCN(C)CCS(C)(=O)=O. The molecule has 0 aliphatic rings. The Bertz CT molecular complexity index is 303. The maximum atomic E-state index is 11.0. The molecule has 0 fully saturated rings. The molecule has 0 atom stereocenters. The van der Waals surface area contributed by atoms with Gasteiger partial charge in [0.2, 0.25) is 0 Å². The van der Waals surface area contributed by atoms with Gasteiger partial charge in [-0.25, -0.2) is 8.42 Å². The van der Waals surface area contributed by atoms with Crippen molar-refractivity contribution in [2.24, 2.45) is 5.92 Å². The minimum atomic E-state index is -2.82. The highest BCUT2D eigenvalue weighted by Gasteiger charge is 2.04. The van der Waals surface area contributed by atoms with Crippen molar-refractivity contribution in [2.45, 2.75) is 39.5 Å². The normalized spacial score (nSPS) is 12.5. The average Bonchev–Trinajstić information content (AvgIpc) is 2.28. The van der Waals surface area contributed by atoms with Crippen LogP contribution in [0.2, 0.25) is 0 Å². The van der Waals surface area contributed by atoms with E-state index in [1.165, 1.54) is 25.5 Å². The number of sulfone groups is 1. The summed E-state index contributed by atoms with van der Waals surface area (Å²) in [7, 11) is -0.826. The van der Waals surface area contributed by atoms with Gasteiger partial charge in [0.1, 0.15) is 9.84 Å². The van der Waals surface area contributed by atoms with Crippen LogP contribution in [0.25, 0.3) is 0 Å². The summed E-state index contributed by atoms with van der Waals surface area (Å²) in [4.78, 5) is 2.11. The first-order valence-electron chi connectivity index (χ1n) is 7.38. The largest absolute Gasteiger partial charge is 0.316 e. The Morgan fingerprint density at radius 1 is 1.05 bits per heavy atom. The van der Waals surface area contributed by atoms with Crippen molar-refractivity contribution in [2.75, 3.05) is 45.2 Å². The van der Waals surface area contributed by atoms with Gasteiger partial charge in [0, 0.05) is 12.8 Å². The second-order valence-electron chi connectivity index (χ2n) is 5.95. The highest BCUT2D eigenvalue weighted by Crippen LogP contribution is 2.01. The van der Waals surface area contributed by atoms with Crippen LogP contribution >= 0.6 is 0 Å². The van der Waals surface area contributed by atoms with E-state index in [1.807, 2.05) is 7.05 Å². The molecule has 0 heterocycles. The number of unbranched alkanes of at least 4 members (excludes halogenated alkanes) is 3. The average molecular weight is 292 g/mol. The van der Waals surface area contributed by atoms with Crippen LogP contribution in [-0.4, -0.2) is 58.6 Å². The summed E-state index contributed by atoms with van der Waals surface area (Å²) in [6.45, 7) is 8.30. The molecule has 0 aromatic rings. The third kappa shape index (κ3) is 15.8. The molecule has 4 nitrogen and oxygen atoms in total. The molecule has 116 valence electrons. The number of hydrogen-bond donors (Lipinski definition) is 1. The van der Waals surface area contributed by atoms with Crippen molar-refractivity contribution in [1.82, 2.24) is 10.2 Å². The molecule has 0 rings (SSSR count). The van der Waals surface area contributed by atoms with Gasteiger partial charge >= 0.3 is 0 Å². The van der Waals surface area contributed by atoms with Crippen LogP contribution < -0.4 is 5.32 Å². The molecule has 0 unspecified atom stereocenters. The lowest BCUT2D eigenvalue weighted by Crippen LogP contribution is -2.26. The zero-order valence-corrected chi connectivity index (χ0v) is 13.9. The smallest absolute Gasteiger partial charge is 0.148 e. The lowest BCUT2D eigenvalue weighted by molar-refractivity contribution is 0.341. The fourth-order valence-corrected chi connectivity index (χ4v) is 2.45. The summed E-state index contributed by atoms with van der Waals surface area (Å²) in [5.41, 5.74) is 0. The van der Waals surface area contributed by atoms with Gasteiger partial charge in [-0.1, -0.05) is 26.7 Å². The summed E-state index contributed by atoms with van der Waals surface area (Å²) < 4.78 is 22.1. The van der Waals surface area contributed by atoms with Crippen LogP contribution in [0, 0.1) is 5.92 Å². The van der Waals surface area contributed by atoms with E-state index in [0.29, 0.717) is 6.54 Å². The summed E-state index contributed by atoms with van der Waals surface area (Å²) >= 11 is 0. The van der Waals surface area contributed by atoms with Gasteiger partial charge in [0.25, 0.3) is 0 Å². The van der Waals surface area contributed by atoms with E-state index < -0.39 is 9.84 Å². The van der Waals surface area contributed by atoms with Crippen molar-refractivity contribution in [3.63, 3.8) is 0 Å². The van der Waals surface area contributed by atoms with Gasteiger partial charge in [-0.2, -0.15) is 0 Å². The van der Waals surface area contributed by atoms with Gasteiger partial charge in [-0.15, -0.1) is 0 Å². The first-order chi connectivity index (χ1) is 8.81. The first kappa shape index (κ1) is 18.9. The van der Waals surface area contributed by atoms with Crippen LogP contribution in [0.1, 0.15) is 39.5 Å². The summed E-state index contributed by atoms with van der Waals surface area (Å²) in [5.74, 6) is 0.992. The van der Waals surface area contributed by atoms with Crippen molar-refractivity contribution < 1.29 is 8.42 Å². The van der Waals surface area contributed by atoms with Crippen LogP contribution in [0.4, 0.5) is 0 Å². The number of nitrogens with zero attached hydrogens (tertiary/aromatic N) is 1. The van der Waals surface area contributed by atoms with Crippen molar-refractivity contribution >= 4 is 9.84 Å². The van der Waals surface area contributed by atoms with Crippen LogP contribution in [0.5, 0.6) is 0 Å². The van der Waals surface area contributed by atoms with E-state index >= 15 is 0 Å². The molecular formula is C14H32N2O2S. The molecule has 0 aromatic carbocycles. The first-order valence-corrected chi connectivity index (χ1v) is 9.44. The van der Waals surface area contributed by atoms with Gasteiger partial charge in [-0.05, 0) is 45.4 Å². The van der Waals surface area contributed by atoms with Gasteiger partial charge in [0.05, 0.1) is 5.75 Å². The standard InChI is InChI=1S/C14H32N2O2S/c1-14(2)13-15-9-7-5-6-8-10-16(3)11-12-19(4,17)18/h14-15H,5-13H2,1-4H3. The summed E-state index contributed by atoms with van der Waals surface area (Å²) in [6, 6.07) is 0. The van der Waals surface area contributed by atoms with E-state index in [1.54, 1.807) is 0 Å². The van der Waals surface area contributed by atoms with Gasteiger partial charge < -0.3 is 10.2 Å². The fourth-order valence-electron chi connectivity index (χ4n) is 1.81. The lowest BCUT2D eigenvalue weighted by atomic mass is 10.2. The Morgan fingerprint density at radius 3 is 2.26 bits per heavy atom. The van der Waals surface area contributed by atoms with E-state index in [2.05, 4.69) is 24.1 Å². The number of hydrogen-bond acceptors (Lipinski definition) is 4. The Labute approximate surface area is 119 Å². The molecule has 0 bridgehead atoms. The van der Waals surface area contributed by atoms with E-state index in [-0.39, 0.29) is 5.75 Å². The molecule has 0 aromatic heterocycles. The van der Waals surface area contributed by atoms with Crippen molar-refractivity contribution in [1.29, 1.82) is 0 Å². The van der Waals surface area contributed by atoms with E-state index in [9.17, 15) is 8.42 Å². The zero-order chi connectivity index (χ0) is 14.7. The second-order valence-corrected chi connectivity index (χ2v) is 8.21. The quantitative estimate of drug-likeness (QED) is 0.557. The second kappa shape index (κ2) is 10.6. The molecule has 0 saturated heterocycles. The van der Waals surface area contributed by atoms with Gasteiger partial charge in [0.15, 0.2) is 0 Å². The zero-order valence-electron chi connectivity index (χ0n) is 13.1. The molecular weight excluding hydrogens is 260 g/mol. The highest BCUT2D eigenvalue weighted by atomic mass is 32.2. The van der Waals surface area contributed by atoms with Crippen molar-refractivity contribution in [3.05, 3.63) is 0 Å². The third-order valence-electron chi connectivity index (χ3n) is 3.04. The van der Waals surface area contributed by atoms with Gasteiger partial charge in [-0.3, -0.25) is 0 Å². The van der Waals surface area contributed by atoms with E-state index in [4.69, 9.17) is 0 Å². The number of rotatable bonds is 12.